The largest absolute Gasteiger partial charge is 0.325 e. The summed E-state index contributed by atoms with van der Waals surface area (Å²) < 4.78 is 1.06. The van der Waals surface area contributed by atoms with E-state index in [0.29, 0.717) is 6.42 Å². The Labute approximate surface area is 118 Å². The molecule has 0 saturated carbocycles. The van der Waals surface area contributed by atoms with Crippen LogP contribution in [0.2, 0.25) is 0 Å². The van der Waals surface area contributed by atoms with Gasteiger partial charge in [-0.2, -0.15) is 11.3 Å². The first kappa shape index (κ1) is 12.6. The van der Waals surface area contributed by atoms with Gasteiger partial charge in [-0.05, 0) is 63.5 Å². The van der Waals surface area contributed by atoms with E-state index in [0.717, 1.165) is 15.7 Å². The van der Waals surface area contributed by atoms with E-state index in [2.05, 4.69) is 39.4 Å². The highest BCUT2D eigenvalue weighted by atomic mass is 127. The Balaban J connectivity index is 1.87. The van der Waals surface area contributed by atoms with Crippen LogP contribution in [0.1, 0.15) is 12.0 Å². The minimum absolute atomic E-state index is 0.0697. The van der Waals surface area contributed by atoms with E-state index in [1.807, 2.05) is 29.6 Å². The van der Waals surface area contributed by atoms with Crippen LogP contribution in [0.15, 0.2) is 41.1 Å². The van der Waals surface area contributed by atoms with Gasteiger partial charge in [-0.25, -0.2) is 0 Å². The molecule has 4 heteroatoms. The zero-order valence-corrected chi connectivity index (χ0v) is 12.1. The van der Waals surface area contributed by atoms with E-state index in [1.54, 1.807) is 11.3 Å². The van der Waals surface area contributed by atoms with E-state index < -0.39 is 0 Å². The number of hydrogen-bond donors (Lipinski definition) is 1. The zero-order chi connectivity index (χ0) is 12.1. The summed E-state index contributed by atoms with van der Waals surface area (Å²) >= 11 is 3.88. The van der Waals surface area contributed by atoms with Crippen LogP contribution in [0.5, 0.6) is 0 Å². The van der Waals surface area contributed by atoms with Crippen LogP contribution >= 0.6 is 33.9 Å². The van der Waals surface area contributed by atoms with Crippen molar-refractivity contribution in [3.8, 4) is 0 Å². The van der Waals surface area contributed by atoms with E-state index in [-0.39, 0.29) is 5.91 Å². The molecule has 0 radical (unpaired) electrons. The summed E-state index contributed by atoms with van der Waals surface area (Å²) in [6, 6.07) is 9.85. The van der Waals surface area contributed by atoms with Crippen molar-refractivity contribution in [3.05, 3.63) is 50.2 Å². The highest BCUT2D eigenvalue weighted by molar-refractivity contribution is 14.1. The predicted octanol–water partition coefficient (Wildman–Crippen LogP) is 3.92. The van der Waals surface area contributed by atoms with Crippen LogP contribution in [-0.4, -0.2) is 5.91 Å². The number of amides is 1. The Kier molecular flexibility index (Phi) is 4.56. The van der Waals surface area contributed by atoms with Crippen LogP contribution in [-0.2, 0) is 11.2 Å². The Morgan fingerprint density at radius 2 is 2.12 bits per heavy atom. The molecule has 88 valence electrons. The van der Waals surface area contributed by atoms with Crippen molar-refractivity contribution in [1.29, 1.82) is 0 Å². The summed E-state index contributed by atoms with van der Waals surface area (Å²) in [7, 11) is 0. The zero-order valence-electron chi connectivity index (χ0n) is 9.15. The number of aryl methyl sites for hydroxylation is 1. The highest BCUT2D eigenvalue weighted by Gasteiger charge is 2.05. The number of carbonyl (C=O) groups is 1. The fraction of sp³-hybridized carbons (Fsp3) is 0.154. The Bertz CT molecular complexity index is 496. The molecule has 0 atom stereocenters. The van der Waals surface area contributed by atoms with Gasteiger partial charge < -0.3 is 5.32 Å². The fourth-order valence-electron chi connectivity index (χ4n) is 1.47. The van der Waals surface area contributed by atoms with Gasteiger partial charge in [0, 0.05) is 9.99 Å². The minimum atomic E-state index is 0.0697. The van der Waals surface area contributed by atoms with Crippen molar-refractivity contribution in [2.24, 2.45) is 0 Å². The normalized spacial score (nSPS) is 10.2. The lowest BCUT2D eigenvalue weighted by molar-refractivity contribution is -0.116. The minimum Gasteiger partial charge on any atom is -0.325 e. The standard InChI is InChI=1S/C13H12INOS/c14-11-3-1-2-4-12(11)15-13(16)6-5-10-7-8-17-9-10/h1-4,7-9H,5-6H2,(H,15,16). The molecule has 1 N–H and O–H groups in total. The first-order valence-electron chi connectivity index (χ1n) is 5.31. The monoisotopic (exact) mass is 357 g/mol. The van der Waals surface area contributed by atoms with Crippen LogP contribution in [0, 0.1) is 3.57 Å². The van der Waals surface area contributed by atoms with Gasteiger partial charge in [0.15, 0.2) is 0 Å². The average Bonchev–Trinajstić information content (AvgIpc) is 2.82. The molecule has 0 saturated heterocycles. The predicted molar refractivity (Wildman–Crippen MR) is 80.4 cm³/mol. The number of anilines is 1. The molecule has 17 heavy (non-hydrogen) atoms. The van der Waals surface area contributed by atoms with Crippen molar-refractivity contribution in [2.45, 2.75) is 12.8 Å². The van der Waals surface area contributed by atoms with Gasteiger partial charge in [-0.15, -0.1) is 0 Å². The maximum Gasteiger partial charge on any atom is 0.224 e. The summed E-state index contributed by atoms with van der Waals surface area (Å²) in [4.78, 5) is 11.7. The Morgan fingerprint density at radius 3 is 2.82 bits per heavy atom. The molecule has 0 aliphatic heterocycles. The van der Waals surface area contributed by atoms with E-state index in [4.69, 9.17) is 0 Å². The molecule has 1 aromatic carbocycles. The molecule has 1 heterocycles. The molecule has 2 aromatic rings. The first-order chi connectivity index (χ1) is 8.25. The van der Waals surface area contributed by atoms with Gasteiger partial charge in [-0.3, -0.25) is 4.79 Å². The summed E-state index contributed by atoms with van der Waals surface area (Å²) in [6.07, 6.45) is 1.33. The number of thiophene rings is 1. The number of benzene rings is 1. The topological polar surface area (TPSA) is 29.1 Å². The molecule has 1 amide bonds. The molecule has 0 aliphatic rings. The first-order valence-corrected chi connectivity index (χ1v) is 7.33. The number of carbonyl (C=O) groups excluding carboxylic acids is 1. The van der Waals surface area contributed by atoms with Gasteiger partial charge in [0.05, 0.1) is 5.69 Å². The number of nitrogens with one attached hydrogen (secondary N) is 1. The van der Waals surface area contributed by atoms with Crippen molar-refractivity contribution in [1.82, 2.24) is 0 Å². The lowest BCUT2D eigenvalue weighted by Crippen LogP contribution is -2.12. The molecular weight excluding hydrogens is 345 g/mol. The summed E-state index contributed by atoms with van der Waals surface area (Å²) in [5, 5.41) is 7.05. The molecule has 2 rings (SSSR count). The SMILES string of the molecule is O=C(CCc1ccsc1)Nc1ccccc1I. The third-order valence-corrected chi connectivity index (χ3v) is 4.04. The van der Waals surface area contributed by atoms with Crippen molar-refractivity contribution >= 4 is 45.5 Å². The molecule has 0 fully saturated rings. The third-order valence-electron chi connectivity index (χ3n) is 2.37. The molecule has 2 nitrogen and oxygen atoms in total. The second-order valence-electron chi connectivity index (χ2n) is 3.66. The van der Waals surface area contributed by atoms with Crippen molar-refractivity contribution in [3.63, 3.8) is 0 Å². The van der Waals surface area contributed by atoms with E-state index in [9.17, 15) is 4.79 Å². The van der Waals surface area contributed by atoms with Crippen molar-refractivity contribution < 1.29 is 4.79 Å². The molecule has 0 spiro atoms. The molecular formula is C13H12INOS. The lowest BCUT2D eigenvalue weighted by Gasteiger charge is -2.06. The Hall–Kier alpha value is -0.880. The van der Waals surface area contributed by atoms with E-state index in [1.165, 1.54) is 5.56 Å². The van der Waals surface area contributed by atoms with Gasteiger partial charge >= 0.3 is 0 Å². The second-order valence-corrected chi connectivity index (χ2v) is 5.60. The molecule has 0 bridgehead atoms. The molecule has 0 aliphatic carbocycles. The summed E-state index contributed by atoms with van der Waals surface area (Å²) in [6.45, 7) is 0. The lowest BCUT2D eigenvalue weighted by atomic mass is 10.2. The van der Waals surface area contributed by atoms with E-state index >= 15 is 0 Å². The highest BCUT2D eigenvalue weighted by Crippen LogP contribution is 2.17. The van der Waals surface area contributed by atoms with Gasteiger partial charge in [-0.1, -0.05) is 12.1 Å². The van der Waals surface area contributed by atoms with Gasteiger partial charge in [0.1, 0.15) is 0 Å². The van der Waals surface area contributed by atoms with Crippen LogP contribution < -0.4 is 5.32 Å². The fourth-order valence-corrected chi connectivity index (χ4v) is 2.69. The quantitative estimate of drug-likeness (QED) is 0.826. The maximum absolute atomic E-state index is 11.7. The number of rotatable bonds is 4. The molecule has 1 aromatic heterocycles. The number of halogens is 1. The maximum atomic E-state index is 11.7. The van der Waals surface area contributed by atoms with Gasteiger partial charge in [0.25, 0.3) is 0 Å². The average molecular weight is 357 g/mol. The van der Waals surface area contributed by atoms with Gasteiger partial charge in [0.2, 0.25) is 5.91 Å². The van der Waals surface area contributed by atoms with Crippen LogP contribution in [0.4, 0.5) is 5.69 Å². The second kappa shape index (κ2) is 6.16. The van der Waals surface area contributed by atoms with Crippen LogP contribution in [0.3, 0.4) is 0 Å². The third kappa shape index (κ3) is 3.81. The summed E-state index contributed by atoms with van der Waals surface area (Å²) in [5.74, 6) is 0.0697. The number of para-hydroxylation sites is 1. The Morgan fingerprint density at radius 1 is 1.29 bits per heavy atom. The summed E-state index contributed by atoms with van der Waals surface area (Å²) in [5.41, 5.74) is 2.12. The van der Waals surface area contributed by atoms with Crippen LogP contribution in [0.25, 0.3) is 0 Å². The van der Waals surface area contributed by atoms with Crippen molar-refractivity contribution in [2.75, 3.05) is 5.32 Å². The number of hydrogen-bond acceptors (Lipinski definition) is 2. The smallest absolute Gasteiger partial charge is 0.224 e. The molecule has 0 unspecified atom stereocenters.